The number of carbonyl (C=O) groups is 1. The summed E-state index contributed by atoms with van der Waals surface area (Å²) in [4.78, 5) is 21.5. The predicted molar refractivity (Wildman–Crippen MR) is 111 cm³/mol. The maximum absolute atomic E-state index is 12.6. The Kier molecular flexibility index (Phi) is 5.87. The highest BCUT2D eigenvalue weighted by Crippen LogP contribution is 2.16. The first-order valence-corrected chi connectivity index (χ1v) is 9.57. The van der Waals surface area contributed by atoms with E-state index in [1.54, 1.807) is 4.68 Å². The molecular weight excluding hydrogens is 350 g/mol. The van der Waals surface area contributed by atoms with Crippen LogP contribution in [0.3, 0.4) is 0 Å². The van der Waals surface area contributed by atoms with Gasteiger partial charge in [-0.15, -0.1) is 0 Å². The highest BCUT2D eigenvalue weighted by Gasteiger charge is 2.14. The molecule has 28 heavy (non-hydrogen) atoms. The lowest BCUT2D eigenvalue weighted by Crippen LogP contribution is -2.18. The average Bonchev–Trinajstić information content (AvgIpc) is 2.95. The van der Waals surface area contributed by atoms with Crippen molar-refractivity contribution in [1.29, 1.82) is 0 Å². The van der Waals surface area contributed by atoms with E-state index in [0.717, 1.165) is 29.1 Å². The van der Waals surface area contributed by atoms with E-state index in [1.165, 1.54) is 5.56 Å². The highest BCUT2D eigenvalue weighted by molar-refractivity contribution is 5.91. The van der Waals surface area contributed by atoms with E-state index in [2.05, 4.69) is 46.4 Å². The molecule has 0 spiro atoms. The fraction of sp³-hybridized carbons (Fsp3) is 0.364. The molecule has 146 valence electrons. The average molecular weight is 377 g/mol. The minimum Gasteiger partial charge on any atom is -0.310 e. The molecule has 0 radical (unpaired) electrons. The number of benzene rings is 1. The van der Waals surface area contributed by atoms with Crippen molar-refractivity contribution >= 4 is 11.7 Å². The number of aromatic nitrogens is 4. The maximum atomic E-state index is 12.6. The van der Waals surface area contributed by atoms with Crippen LogP contribution in [0.5, 0.6) is 0 Å². The third-order valence-electron chi connectivity index (χ3n) is 4.29. The first-order valence-electron chi connectivity index (χ1n) is 9.57. The van der Waals surface area contributed by atoms with Crippen molar-refractivity contribution in [2.75, 3.05) is 5.32 Å². The summed E-state index contributed by atoms with van der Waals surface area (Å²) < 4.78 is 1.58. The van der Waals surface area contributed by atoms with Gasteiger partial charge < -0.3 is 5.32 Å². The van der Waals surface area contributed by atoms with Gasteiger partial charge in [0.15, 0.2) is 0 Å². The van der Waals surface area contributed by atoms with Crippen LogP contribution in [0.4, 0.5) is 5.82 Å². The zero-order valence-corrected chi connectivity index (χ0v) is 17.2. The molecule has 2 heterocycles. The Morgan fingerprint density at radius 3 is 2.18 bits per heavy atom. The number of aryl methyl sites for hydroxylation is 3. The van der Waals surface area contributed by atoms with Crippen molar-refractivity contribution in [2.45, 2.75) is 47.5 Å². The Hall–Kier alpha value is -3.02. The molecule has 3 rings (SSSR count). The van der Waals surface area contributed by atoms with E-state index >= 15 is 0 Å². The number of hydrogen-bond donors (Lipinski definition) is 1. The Morgan fingerprint density at radius 1 is 0.964 bits per heavy atom. The molecular formula is C22H27N5O. The van der Waals surface area contributed by atoms with Crippen molar-refractivity contribution in [3.63, 3.8) is 0 Å². The molecule has 0 unspecified atom stereocenters. The van der Waals surface area contributed by atoms with Crippen LogP contribution in [-0.4, -0.2) is 25.7 Å². The molecule has 0 fully saturated rings. The lowest BCUT2D eigenvalue weighted by atomic mass is 10.0. The Balaban J connectivity index is 1.74. The Labute approximate surface area is 166 Å². The van der Waals surface area contributed by atoms with Crippen LogP contribution >= 0.6 is 0 Å². The number of hydrogen-bond acceptors (Lipinski definition) is 4. The second-order valence-electron chi connectivity index (χ2n) is 7.67. The summed E-state index contributed by atoms with van der Waals surface area (Å²) in [7, 11) is 0. The summed E-state index contributed by atoms with van der Waals surface area (Å²) in [6, 6.07) is 12.0. The van der Waals surface area contributed by atoms with E-state index in [9.17, 15) is 4.79 Å². The van der Waals surface area contributed by atoms with Crippen LogP contribution < -0.4 is 5.32 Å². The fourth-order valence-corrected chi connectivity index (χ4v) is 3.18. The van der Waals surface area contributed by atoms with Crippen molar-refractivity contribution in [3.8, 4) is 5.95 Å². The summed E-state index contributed by atoms with van der Waals surface area (Å²) in [6.45, 7) is 10.1. The van der Waals surface area contributed by atoms with E-state index < -0.39 is 0 Å². The summed E-state index contributed by atoms with van der Waals surface area (Å²) in [5.41, 5.74) is 4.77. The fourth-order valence-electron chi connectivity index (χ4n) is 3.18. The molecule has 0 saturated carbocycles. The van der Waals surface area contributed by atoms with E-state index in [-0.39, 0.29) is 5.91 Å². The lowest BCUT2D eigenvalue weighted by molar-refractivity contribution is -0.115. The molecule has 0 aliphatic heterocycles. The van der Waals surface area contributed by atoms with Gasteiger partial charge in [-0.25, -0.2) is 9.97 Å². The molecule has 0 bridgehead atoms. The van der Waals surface area contributed by atoms with Gasteiger partial charge in [0.2, 0.25) is 5.91 Å². The monoisotopic (exact) mass is 377 g/mol. The quantitative estimate of drug-likeness (QED) is 0.705. The van der Waals surface area contributed by atoms with E-state index in [1.807, 2.05) is 45.0 Å². The van der Waals surface area contributed by atoms with Crippen LogP contribution in [-0.2, 0) is 17.6 Å². The van der Waals surface area contributed by atoms with Gasteiger partial charge in [-0.1, -0.05) is 38.1 Å². The minimum atomic E-state index is -0.0952. The predicted octanol–water partition coefficient (Wildman–Crippen LogP) is 3.97. The number of nitrogens with one attached hydrogen (secondary N) is 1. The van der Waals surface area contributed by atoms with Crippen LogP contribution in [0.1, 0.15) is 42.1 Å². The SMILES string of the molecule is Cc1cc(C)nc(-n2nc(C)cc2NC(=O)Cc2ccc(CC(C)C)cc2)n1. The Bertz CT molecular complexity index is 953. The third kappa shape index (κ3) is 5.03. The second kappa shape index (κ2) is 8.33. The third-order valence-corrected chi connectivity index (χ3v) is 4.29. The number of rotatable bonds is 6. The molecule has 0 atom stereocenters. The van der Waals surface area contributed by atoms with Gasteiger partial charge in [0, 0.05) is 17.5 Å². The molecule has 1 amide bonds. The van der Waals surface area contributed by atoms with Gasteiger partial charge >= 0.3 is 0 Å². The normalized spacial score (nSPS) is 11.1. The first-order chi connectivity index (χ1) is 13.3. The zero-order chi connectivity index (χ0) is 20.3. The molecule has 1 aromatic carbocycles. The molecule has 3 aromatic rings. The molecule has 0 aliphatic carbocycles. The van der Waals surface area contributed by atoms with Gasteiger partial charge in [-0.05, 0) is 50.3 Å². The standard InChI is InChI=1S/C22H27N5O/c1-14(2)10-18-6-8-19(9-7-18)13-21(28)25-20-12-17(5)26-27(20)22-23-15(3)11-16(4)24-22/h6-9,11-12,14H,10,13H2,1-5H3,(H,25,28). The molecule has 6 nitrogen and oxygen atoms in total. The number of anilines is 1. The van der Waals surface area contributed by atoms with Gasteiger partial charge in [0.25, 0.3) is 5.95 Å². The summed E-state index contributed by atoms with van der Waals surface area (Å²) in [5, 5.41) is 7.38. The zero-order valence-electron chi connectivity index (χ0n) is 17.2. The molecule has 0 saturated heterocycles. The van der Waals surface area contributed by atoms with Crippen LogP contribution in [0, 0.1) is 26.7 Å². The van der Waals surface area contributed by atoms with Crippen LogP contribution in [0.2, 0.25) is 0 Å². The van der Waals surface area contributed by atoms with E-state index in [4.69, 9.17) is 0 Å². The lowest BCUT2D eigenvalue weighted by Gasteiger charge is -2.09. The Morgan fingerprint density at radius 2 is 1.57 bits per heavy atom. The maximum Gasteiger partial charge on any atom is 0.252 e. The van der Waals surface area contributed by atoms with Gasteiger partial charge in [0.1, 0.15) is 5.82 Å². The van der Waals surface area contributed by atoms with Crippen molar-refractivity contribution in [3.05, 3.63) is 64.6 Å². The number of carbonyl (C=O) groups excluding carboxylic acids is 1. The second-order valence-corrected chi connectivity index (χ2v) is 7.67. The highest BCUT2D eigenvalue weighted by atomic mass is 16.1. The largest absolute Gasteiger partial charge is 0.310 e. The molecule has 6 heteroatoms. The van der Waals surface area contributed by atoms with Crippen molar-refractivity contribution in [2.24, 2.45) is 5.92 Å². The summed E-state index contributed by atoms with van der Waals surface area (Å²) in [6.07, 6.45) is 1.35. The smallest absolute Gasteiger partial charge is 0.252 e. The molecule has 2 aromatic heterocycles. The number of amides is 1. The first kappa shape index (κ1) is 19.7. The summed E-state index contributed by atoms with van der Waals surface area (Å²) in [5.74, 6) is 1.55. The molecule has 1 N–H and O–H groups in total. The summed E-state index contributed by atoms with van der Waals surface area (Å²) >= 11 is 0. The van der Waals surface area contributed by atoms with Gasteiger partial charge in [0.05, 0.1) is 12.1 Å². The van der Waals surface area contributed by atoms with Gasteiger partial charge in [-0.3, -0.25) is 4.79 Å². The van der Waals surface area contributed by atoms with Gasteiger partial charge in [-0.2, -0.15) is 9.78 Å². The van der Waals surface area contributed by atoms with Crippen LogP contribution in [0.25, 0.3) is 5.95 Å². The molecule has 0 aliphatic rings. The minimum absolute atomic E-state index is 0.0952. The number of nitrogens with zero attached hydrogens (tertiary/aromatic N) is 4. The van der Waals surface area contributed by atoms with E-state index in [0.29, 0.717) is 24.1 Å². The van der Waals surface area contributed by atoms with Crippen LogP contribution in [0.15, 0.2) is 36.4 Å². The van der Waals surface area contributed by atoms with Crippen molar-refractivity contribution < 1.29 is 4.79 Å². The van der Waals surface area contributed by atoms with Crippen molar-refractivity contribution in [1.82, 2.24) is 19.7 Å². The topological polar surface area (TPSA) is 72.7 Å².